The van der Waals surface area contributed by atoms with Crippen LogP contribution in [0.15, 0.2) is 48.8 Å². The average Bonchev–Trinajstić information content (AvgIpc) is 2.81. The van der Waals surface area contributed by atoms with E-state index in [0.717, 1.165) is 56.2 Å². The summed E-state index contributed by atoms with van der Waals surface area (Å²) >= 11 is 0. The van der Waals surface area contributed by atoms with Gasteiger partial charge in [-0.2, -0.15) is 0 Å². The van der Waals surface area contributed by atoms with E-state index in [2.05, 4.69) is 40.2 Å². The molecule has 1 atom stereocenters. The zero-order valence-electron chi connectivity index (χ0n) is 17.6. The number of nitrogens with zero attached hydrogens (tertiary/aromatic N) is 2. The second-order valence-corrected chi connectivity index (χ2v) is 8.67. The van der Waals surface area contributed by atoms with Gasteiger partial charge in [0.1, 0.15) is 0 Å². The number of amides is 1. The molecule has 0 radical (unpaired) electrons. The van der Waals surface area contributed by atoms with Gasteiger partial charge in [-0.3, -0.25) is 9.78 Å². The molecule has 1 aromatic carbocycles. The van der Waals surface area contributed by atoms with Gasteiger partial charge in [-0.1, -0.05) is 30.3 Å². The minimum absolute atomic E-state index is 0.139. The highest BCUT2D eigenvalue weighted by molar-refractivity contribution is 5.83. The van der Waals surface area contributed by atoms with Gasteiger partial charge in [0.25, 0.3) is 0 Å². The maximum Gasteiger partial charge on any atom is 0.229 e. The predicted octanol–water partition coefficient (Wildman–Crippen LogP) is 3.85. The van der Waals surface area contributed by atoms with Crippen LogP contribution in [0, 0.1) is 5.41 Å². The zero-order chi connectivity index (χ0) is 20.8. The molecule has 2 aromatic rings. The molecule has 0 aliphatic carbocycles. The van der Waals surface area contributed by atoms with E-state index in [0.29, 0.717) is 19.6 Å². The first-order chi connectivity index (χ1) is 14.7. The molecule has 1 N–H and O–H groups in total. The summed E-state index contributed by atoms with van der Waals surface area (Å²) < 4.78 is 5.63. The van der Waals surface area contributed by atoms with Gasteiger partial charge in [0.2, 0.25) is 5.91 Å². The minimum Gasteiger partial charge on any atom is -0.396 e. The van der Waals surface area contributed by atoms with Gasteiger partial charge < -0.3 is 14.7 Å². The molecule has 0 bridgehead atoms. The van der Waals surface area contributed by atoms with Gasteiger partial charge in [0.05, 0.1) is 5.41 Å². The number of hydrogen-bond acceptors (Lipinski definition) is 4. The third-order valence-corrected chi connectivity index (χ3v) is 6.75. The molecule has 2 saturated heterocycles. The van der Waals surface area contributed by atoms with Gasteiger partial charge in [-0.25, -0.2) is 0 Å². The average molecular weight is 409 g/mol. The molecule has 3 heterocycles. The number of ether oxygens (including phenoxy) is 1. The highest BCUT2D eigenvalue weighted by atomic mass is 16.5. The first-order valence-corrected chi connectivity index (χ1v) is 11.2. The van der Waals surface area contributed by atoms with Crippen LogP contribution < -0.4 is 0 Å². The number of piperidine rings is 1. The summed E-state index contributed by atoms with van der Waals surface area (Å²) in [7, 11) is 0. The number of carbonyl (C=O) groups excluding carboxylic acids is 1. The summed E-state index contributed by atoms with van der Waals surface area (Å²) in [6.07, 6.45) is 9.79. The maximum atomic E-state index is 13.8. The summed E-state index contributed by atoms with van der Waals surface area (Å²) in [5.74, 6) is 0.264. The van der Waals surface area contributed by atoms with Crippen LogP contribution >= 0.6 is 0 Å². The van der Waals surface area contributed by atoms with E-state index in [1.165, 1.54) is 5.56 Å². The fraction of sp³-hybridized carbons (Fsp3) is 0.520. The van der Waals surface area contributed by atoms with E-state index in [1.807, 2.05) is 12.3 Å². The molecule has 5 heteroatoms. The lowest BCUT2D eigenvalue weighted by Crippen LogP contribution is -2.53. The Morgan fingerprint density at radius 3 is 2.63 bits per heavy atom. The lowest BCUT2D eigenvalue weighted by atomic mass is 9.73. The van der Waals surface area contributed by atoms with Gasteiger partial charge in [-0.15, -0.1) is 0 Å². The number of rotatable bonds is 6. The van der Waals surface area contributed by atoms with Crippen molar-refractivity contribution in [1.29, 1.82) is 0 Å². The molecule has 2 aliphatic rings. The van der Waals surface area contributed by atoms with Gasteiger partial charge >= 0.3 is 0 Å². The second kappa shape index (κ2) is 9.71. The summed E-state index contributed by atoms with van der Waals surface area (Å²) in [5.41, 5.74) is 3.02. The SMILES string of the molecule is O=C(N1CCCCC1CCO)C1(Cc2ccc(-c3cccnc3)cc2)CCOCC1. The highest BCUT2D eigenvalue weighted by Crippen LogP contribution is 2.39. The van der Waals surface area contributed by atoms with Gasteiger partial charge in [0.15, 0.2) is 0 Å². The van der Waals surface area contributed by atoms with Crippen LogP contribution in [0.1, 0.15) is 44.1 Å². The Kier molecular flexibility index (Phi) is 6.80. The zero-order valence-corrected chi connectivity index (χ0v) is 17.6. The molecule has 4 rings (SSSR count). The smallest absolute Gasteiger partial charge is 0.229 e. The normalized spacial score (nSPS) is 21.4. The summed E-state index contributed by atoms with van der Waals surface area (Å²) in [5, 5.41) is 9.49. The number of hydrogen-bond donors (Lipinski definition) is 1. The van der Waals surface area contributed by atoms with Crippen LogP contribution in [0.25, 0.3) is 11.1 Å². The third kappa shape index (κ3) is 4.57. The van der Waals surface area contributed by atoms with Crippen LogP contribution in [0.5, 0.6) is 0 Å². The number of carbonyl (C=O) groups is 1. The molecular formula is C25H32N2O3. The molecule has 2 fully saturated rings. The summed E-state index contributed by atoms with van der Waals surface area (Å²) in [4.78, 5) is 20.1. The fourth-order valence-corrected chi connectivity index (χ4v) is 4.99. The lowest BCUT2D eigenvalue weighted by molar-refractivity contribution is -0.152. The van der Waals surface area contributed by atoms with Crippen LogP contribution in [-0.2, 0) is 16.0 Å². The first-order valence-electron chi connectivity index (χ1n) is 11.2. The quantitative estimate of drug-likeness (QED) is 0.789. The second-order valence-electron chi connectivity index (χ2n) is 8.67. The lowest BCUT2D eigenvalue weighted by Gasteiger charge is -2.44. The van der Waals surface area contributed by atoms with Crippen molar-refractivity contribution in [3.05, 3.63) is 54.4 Å². The number of pyridine rings is 1. The Balaban J connectivity index is 1.55. The monoisotopic (exact) mass is 408 g/mol. The number of likely N-dealkylation sites (tertiary alicyclic amines) is 1. The number of benzene rings is 1. The molecule has 1 aromatic heterocycles. The number of aromatic nitrogens is 1. The first kappa shape index (κ1) is 21.0. The van der Waals surface area contributed by atoms with Gasteiger partial charge in [-0.05, 0) is 67.7 Å². The van der Waals surface area contributed by atoms with Crippen molar-refractivity contribution in [2.45, 2.75) is 51.0 Å². The van der Waals surface area contributed by atoms with Crippen LogP contribution in [-0.4, -0.2) is 53.3 Å². The van der Waals surface area contributed by atoms with E-state index in [9.17, 15) is 9.90 Å². The largest absolute Gasteiger partial charge is 0.396 e. The van der Waals surface area contributed by atoms with E-state index in [4.69, 9.17) is 4.74 Å². The third-order valence-electron chi connectivity index (χ3n) is 6.75. The summed E-state index contributed by atoms with van der Waals surface area (Å²) in [6, 6.07) is 12.7. The van der Waals surface area contributed by atoms with Crippen molar-refractivity contribution in [2.75, 3.05) is 26.4 Å². The van der Waals surface area contributed by atoms with E-state index < -0.39 is 5.41 Å². The van der Waals surface area contributed by atoms with E-state index >= 15 is 0 Å². The molecular weight excluding hydrogens is 376 g/mol. The Labute approximate surface area is 179 Å². The van der Waals surface area contributed by atoms with Gasteiger partial charge in [0, 0.05) is 44.8 Å². The molecule has 2 aliphatic heterocycles. The molecule has 5 nitrogen and oxygen atoms in total. The van der Waals surface area contributed by atoms with Crippen LogP contribution in [0.4, 0.5) is 0 Å². The summed E-state index contributed by atoms with van der Waals surface area (Å²) in [6.45, 7) is 2.22. The van der Waals surface area contributed by atoms with E-state index in [1.54, 1.807) is 6.20 Å². The number of aliphatic hydroxyl groups is 1. The predicted molar refractivity (Wildman–Crippen MR) is 117 cm³/mol. The highest BCUT2D eigenvalue weighted by Gasteiger charge is 2.44. The Bertz CT molecular complexity index is 814. The van der Waals surface area contributed by atoms with Crippen molar-refractivity contribution >= 4 is 5.91 Å². The van der Waals surface area contributed by atoms with Crippen molar-refractivity contribution in [1.82, 2.24) is 9.88 Å². The molecule has 1 unspecified atom stereocenters. The van der Waals surface area contributed by atoms with Crippen molar-refractivity contribution in [3.8, 4) is 11.1 Å². The van der Waals surface area contributed by atoms with Crippen molar-refractivity contribution in [2.24, 2.45) is 5.41 Å². The Morgan fingerprint density at radius 2 is 1.93 bits per heavy atom. The Hall–Kier alpha value is -2.24. The minimum atomic E-state index is -0.404. The fourth-order valence-electron chi connectivity index (χ4n) is 4.99. The van der Waals surface area contributed by atoms with E-state index in [-0.39, 0.29) is 18.6 Å². The van der Waals surface area contributed by atoms with Crippen LogP contribution in [0.2, 0.25) is 0 Å². The molecule has 160 valence electrons. The standard InChI is InChI=1S/C25H32N2O3/c28-15-10-23-5-1-2-14-27(23)24(29)25(11-16-30-17-12-25)18-20-6-8-21(9-7-20)22-4-3-13-26-19-22/h3-4,6-9,13,19,23,28H,1-2,5,10-12,14-18H2. The Morgan fingerprint density at radius 1 is 1.13 bits per heavy atom. The maximum absolute atomic E-state index is 13.8. The van der Waals surface area contributed by atoms with Crippen molar-refractivity contribution < 1.29 is 14.6 Å². The van der Waals surface area contributed by atoms with Crippen molar-refractivity contribution in [3.63, 3.8) is 0 Å². The number of aliphatic hydroxyl groups excluding tert-OH is 1. The molecule has 0 spiro atoms. The molecule has 1 amide bonds. The van der Waals surface area contributed by atoms with Crippen LogP contribution in [0.3, 0.4) is 0 Å². The molecule has 30 heavy (non-hydrogen) atoms. The molecule has 0 saturated carbocycles. The topological polar surface area (TPSA) is 62.7 Å².